The molecule has 28 heavy (non-hydrogen) atoms. The highest BCUT2D eigenvalue weighted by Gasteiger charge is 2.36. The quantitative estimate of drug-likeness (QED) is 0.380. The molecule has 0 spiro atoms. The number of furan rings is 1. The Morgan fingerprint density at radius 1 is 1.21 bits per heavy atom. The van der Waals surface area contributed by atoms with E-state index in [2.05, 4.69) is 0 Å². The molecule has 4 rings (SSSR count). The zero-order valence-corrected chi connectivity index (χ0v) is 15.0. The van der Waals surface area contributed by atoms with E-state index < -0.39 is 22.7 Å². The van der Waals surface area contributed by atoms with Gasteiger partial charge in [0.2, 0.25) is 5.78 Å². The van der Waals surface area contributed by atoms with E-state index in [-0.39, 0.29) is 23.7 Å². The number of ether oxygens (including phenoxy) is 1. The van der Waals surface area contributed by atoms with Gasteiger partial charge in [-0.05, 0) is 24.6 Å². The number of carbonyl (C=O) groups excluding carboxylic acids is 2. The zero-order valence-electron chi connectivity index (χ0n) is 15.0. The molecule has 0 fully saturated rings. The van der Waals surface area contributed by atoms with Gasteiger partial charge >= 0.3 is 0 Å². The minimum atomic E-state index is -0.752. The Morgan fingerprint density at radius 2 is 2.00 bits per heavy atom. The summed E-state index contributed by atoms with van der Waals surface area (Å²) in [5.41, 5.74) is 0.585. The molecule has 0 aliphatic carbocycles. The van der Waals surface area contributed by atoms with E-state index in [1.807, 2.05) is 12.1 Å². The van der Waals surface area contributed by atoms with Crippen molar-refractivity contribution in [2.75, 3.05) is 11.4 Å². The Hall–Kier alpha value is -3.68. The molecule has 1 aromatic heterocycles. The lowest BCUT2D eigenvalue weighted by molar-refractivity contribution is -0.384. The average Bonchev–Trinajstić information content (AvgIpc) is 3.13. The van der Waals surface area contributed by atoms with Crippen molar-refractivity contribution in [3.05, 3.63) is 64.4 Å². The molecule has 8 heteroatoms. The highest BCUT2D eigenvalue weighted by atomic mass is 16.6. The molecule has 0 radical (unpaired) electrons. The lowest BCUT2D eigenvalue weighted by Gasteiger charge is -2.33. The summed E-state index contributed by atoms with van der Waals surface area (Å²) in [4.78, 5) is 37.4. The molecule has 0 saturated carbocycles. The first-order valence-corrected chi connectivity index (χ1v) is 8.76. The summed E-state index contributed by atoms with van der Waals surface area (Å²) in [7, 11) is 0. The number of anilines is 1. The van der Waals surface area contributed by atoms with Crippen molar-refractivity contribution in [2.45, 2.75) is 19.4 Å². The number of ketones is 1. The minimum Gasteiger partial charge on any atom is -0.478 e. The lowest BCUT2D eigenvalue weighted by atomic mass is 10.1. The van der Waals surface area contributed by atoms with Crippen molar-refractivity contribution < 1.29 is 23.7 Å². The van der Waals surface area contributed by atoms with Gasteiger partial charge in [0.1, 0.15) is 11.3 Å². The average molecular weight is 380 g/mol. The first-order chi connectivity index (χ1) is 13.5. The van der Waals surface area contributed by atoms with Crippen LogP contribution in [0, 0.1) is 10.1 Å². The van der Waals surface area contributed by atoms with Crippen LogP contribution in [0.4, 0.5) is 11.4 Å². The minimum absolute atomic E-state index is 0.125. The lowest BCUT2D eigenvalue weighted by Crippen LogP contribution is -2.47. The van der Waals surface area contributed by atoms with Gasteiger partial charge in [0, 0.05) is 17.5 Å². The molecule has 3 aromatic rings. The highest BCUT2D eigenvalue weighted by Crippen LogP contribution is 2.37. The molecule has 0 bridgehead atoms. The molecule has 2 aromatic carbocycles. The molecule has 1 atom stereocenters. The largest absolute Gasteiger partial charge is 0.478 e. The molecule has 2 heterocycles. The molecule has 0 saturated heterocycles. The number of non-ortho nitro benzene ring substituents is 1. The molecule has 8 nitrogen and oxygen atoms in total. The molecule has 1 aliphatic heterocycles. The summed E-state index contributed by atoms with van der Waals surface area (Å²) in [6.07, 6.45) is -0.345. The normalized spacial score (nSPS) is 16.0. The van der Waals surface area contributed by atoms with Gasteiger partial charge in [-0.15, -0.1) is 0 Å². The van der Waals surface area contributed by atoms with Gasteiger partial charge in [-0.2, -0.15) is 0 Å². The van der Waals surface area contributed by atoms with E-state index in [9.17, 15) is 19.7 Å². The van der Waals surface area contributed by atoms with E-state index in [1.54, 1.807) is 25.1 Å². The van der Waals surface area contributed by atoms with E-state index in [4.69, 9.17) is 9.15 Å². The Labute approximate surface area is 159 Å². The summed E-state index contributed by atoms with van der Waals surface area (Å²) in [6.45, 7) is 1.49. The maximum atomic E-state index is 12.8. The second-order valence-corrected chi connectivity index (χ2v) is 6.42. The van der Waals surface area contributed by atoms with Crippen molar-refractivity contribution in [1.29, 1.82) is 0 Å². The van der Waals surface area contributed by atoms with Crippen LogP contribution in [0.25, 0.3) is 11.0 Å². The fourth-order valence-electron chi connectivity index (χ4n) is 3.19. The van der Waals surface area contributed by atoms with Crippen LogP contribution in [-0.2, 0) is 4.79 Å². The first-order valence-electron chi connectivity index (χ1n) is 8.76. The van der Waals surface area contributed by atoms with Crippen molar-refractivity contribution >= 4 is 34.0 Å². The number of rotatable bonds is 5. The third-order valence-electron chi connectivity index (χ3n) is 4.63. The van der Waals surface area contributed by atoms with E-state index in [0.29, 0.717) is 17.8 Å². The second-order valence-electron chi connectivity index (χ2n) is 6.42. The summed E-state index contributed by atoms with van der Waals surface area (Å²) in [6, 6.07) is 12.8. The maximum Gasteiger partial charge on any atom is 0.271 e. The van der Waals surface area contributed by atoms with Crippen molar-refractivity contribution in [1.82, 2.24) is 0 Å². The number of para-hydroxylation sites is 1. The van der Waals surface area contributed by atoms with Crippen LogP contribution in [0.15, 0.2) is 52.9 Å². The molecule has 1 unspecified atom stereocenters. The first kappa shape index (κ1) is 17.7. The number of hydrogen-bond acceptors (Lipinski definition) is 6. The molecule has 1 amide bonds. The van der Waals surface area contributed by atoms with Gasteiger partial charge in [0.05, 0.1) is 17.2 Å². The predicted molar refractivity (Wildman–Crippen MR) is 101 cm³/mol. The number of hydrogen-bond donors (Lipinski definition) is 0. The van der Waals surface area contributed by atoms with Gasteiger partial charge in [0.25, 0.3) is 11.6 Å². The smallest absolute Gasteiger partial charge is 0.271 e. The third-order valence-corrected chi connectivity index (χ3v) is 4.63. The Kier molecular flexibility index (Phi) is 4.31. The topological polar surface area (TPSA) is 103 Å². The van der Waals surface area contributed by atoms with Gasteiger partial charge in [-0.3, -0.25) is 24.6 Å². The molecule has 0 N–H and O–H groups in total. The predicted octanol–water partition coefficient (Wildman–Crippen LogP) is 3.73. The number of nitro benzene ring substituents is 1. The van der Waals surface area contributed by atoms with Gasteiger partial charge in [0.15, 0.2) is 11.9 Å². The number of Topliss-reactive ketones (excluding diaryl/α,β-unsaturated/α-hetero) is 1. The van der Waals surface area contributed by atoms with Crippen LogP contribution in [0.1, 0.15) is 23.9 Å². The van der Waals surface area contributed by atoms with Crippen LogP contribution in [-0.4, -0.2) is 29.3 Å². The Morgan fingerprint density at radius 3 is 2.71 bits per heavy atom. The van der Waals surface area contributed by atoms with Gasteiger partial charge in [-0.1, -0.05) is 25.1 Å². The monoisotopic (exact) mass is 380 g/mol. The summed E-state index contributed by atoms with van der Waals surface area (Å²) < 4.78 is 11.2. The van der Waals surface area contributed by atoms with Crippen LogP contribution in [0.5, 0.6) is 5.75 Å². The highest BCUT2D eigenvalue weighted by molar-refractivity contribution is 6.08. The number of amides is 1. The summed E-state index contributed by atoms with van der Waals surface area (Å²) >= 11 is 0. The van der Waals surface area contributed by atoms with Crippen LogP contribution < -0.4 is 9.64 Å². The summed E-state index contributed by atoms with van der Waals surface area (Å²) in [5, 5.41) is 11.9. The van der Waals surface area contributed by atoms with Gasteiger partial charge < -0.3 is 9.15 Å². The van der Waals surface area contributed by atoms with Crippen LogP contribution in [0.3, 0.4) is 0 Å². The number of carbonyl (C=O) groups is 2. The van der Waals surface area contributed by atoms with Crippen molar-refractivity contribution in [2.24, 2.45) is 0 Å². The Balaban J connectivity index is 1.70. The standard InChI is InChI=1S/C20H16N2O6/c1-2-16-20(24)21(14-10-13(22(25)26)7-8-18(14)27-16)11-15(23)19-9-12-5-3-4-6-17(12)28-19/h3-10,16H,2,11H2,1H3. The molecule has 142 valence electrons. The third kappa shape index (κ3) is 2.98. The maximum absolute atomic E-state index is 12.8. The fourth-order valence-corrected chi connectivity index (χ4v) is 3.19. The molecule has 1 aliphatic rings. The number of fused-ring (bicyclic) bond motifs is 2. The SMILES string of the molecule is CCC1Oc2ccc([N+](=O)[O-])cc2N(CC(=O)c2cc3ccccc3o2)C1=O. The zero-order chi connectivity index (χ0) is 19.8. The van der Waals surface area contributed by atoms with E-state index >= 15 is 0 Å². The number of benzene rings is 2. The van der Waals surface area contributed by atoms with Crippen molar-refractivity contribution in [3.63, 3.8) is 0 Å². The molecular weight excluding hydrogens is 364 g/mol. The van der Waals surface area contributed by atoms with E-state index in [1.165, 1.54) is 23.1 Å². The number of nitrogens with zero attached hydrogens (tertiary/aromatic N) is 2. The van der Waals surface area contributed by atoms with Crippen molar-refractivity contribution in [3.8, 4) is 5.75 Å². The number of nitro groups is 1. The molecular formula is C20H16N2O6. The fraction of sp³-hybridized carbons (Fsp3) is 0.200. The summed E-state index contributed by atoms with van der Waals surface area (Å²) in [5.74, 6) is -0.367. The van der Waals surface area contributed by atoms with Crippen LogP contribution >= 0.6 is 0 Å². The van der Waals surface area contributed by atoms with Crippen LogP contribution in [0.2, 0.25) is 0 Å². The van der Waals surface area contributed by atoms with E-state index in [0.717, 1.165) is 5.39 Å². The second kappa shape index (κ2) is 6.80. The van der Waals surface area contributed by atoms with Gasteiger partial charge in [-0.25, -0.2) is 0 Å². The Bertz CT molecular complexity index is 1070.